The zero-order chi connectivity index (χ0) is 46.5. The van der Waals surface area contributed by atoms with Gasteiger partial charge in [0.2, 0.25) is 0 Å². The van der Waals surface area contributed by atoms with Crippen LogP contribution >= 0.6 is 0 Å². The van der Waals surface area contributed by atoms with Gasteiger partial charge in [-0.25, -0.2) is 4.98 Å². The quantitative estimate of drug-likeness (QED) is 0.134. The Balaban J connectivity index is 1.56. The van der Waals surface area contributed by atoms with Gasteiger partial charge in [-0.2, -0.15) is 13.2 Å². The van der Waals surface area contributed by atoms with E-state index in [2.05, 4.69) is 15.6 Å². The van der Waals surface area contributed by atoms with Crippen molar-refractivity contribution in [2.45, 2.75) is 154 Å². The van der Waals surface area contributed by atoms with Gasteiger partial charge in [0.05, 0.1) is 34.9 Å². The van der Waals surface area contributed by atoms with Crippen molar-refractivity contribution < 1.29 is 57.4 Å². The van der Waals surface area contributed by atoms with Crippen LogP contribution in [0, 0.1) is 24.7 Å². The van der Waals surface area contributed by atoms with Crippen LogP contribution in [-0.2, 0) is 25.2 Å². The molecule has 13 atom stereocenters. The van der Waals surface area contributed by atoms with Gasteiger partial charge in [-0.15, -0.1) is 0 Å². The molecule has 0 radical (unpaired) electrons. The molecule has 62 heavy (non-hydrogen) atoms. The summed E-state index contributed by atoms with van der Waals surface area (Å²) in [6.07, 6.45) is -7.42. The third-order valence-corrected chi connectivity index (χ3v) is 12.7. The molecule has 2 aromatic rings. The van der Waals surface area contributed by atoms with E-state index in [0.717, 1.165) is 6.07 Å². The summed E-state index contributed by atoms with van der Waals surface area (Å²) in [5.41, 5.74) is -3.94. The molecule has 17 heteroatoms. The lowest BCUT2D eigenvalue weighted by atomic mass is 9.79. The van der Waals surface area contributed by atoms with Gasteiger partial charge in [0.15, 0.2) is 6.29 Å². The number of esters is 1. The molecule has 0 saturated carbocycles. The first-order valence-corrected chi connectivity index (χ1v) is 21.7. The Kier molecular flexibility index (Phi) is 17.4. The SMILES string of the molecule is Cc1c(Nc2ncccc2C(=O)NCCCN2C[C@H](C)C[C@@](C)(O)[C@H](O[C@@H]3O[C@H](C)C[C@H](N(C)C)[C@H]3O)[C@@H](C)C[C@@H](C)C(=O)O[C@H](C)[C@@](C)(O)[C@H](O)[C@H]2C)cccc1C(F)(F)F. The molecule has 0 bridgehead atoms. The highest BCUT2D eigenvalue weighted by Crippen LogP contribution is 2.38. The maximum Gasteiger partial charge on any atom is 0.416 e. The Morgan fingerprint density at radius 1 is 1.05 bits per heavy atom. The van der Waals surface area contributed by atoms with E-state index >= 15 is 0 Å². The molecule has 2 aliphatic heterocycles. The Hall–Kier alpha value is -3.42. The summed E-state index contributed by atoms with van der Waals surface area (Å²) in [5, 5.41) is 52.9. The molecule has 0 spiro atoms. The number of aromatic nitrogens is 1. The lowest BCUT2D eigenvalue weighted by Gasteiger charge is -2.46. The molecule has 1 amide bonds. The molecule has 0 aliphatic carbocycles. The van der Waals surface area contributed by atoms with Crippen LogP contribution in [0.1, 0.15) is 103 Å². The number of anilines is 2. The predicted molar refractivity (Wildman–Crippen MR) is 229 cm³/mol. The summed E-state index contributed by atoms with van der Waals surface area (Å²) >= 11 is 0. The zero-order valence-electron chi connectivity index (χ0n) is 38.1. The van der Waals surface area contributed by atoms with E-state index in [9.17, 15) is 43.2 Å². The van der Waals surface area contributed by atoms with Crippen LogP contribution in [0.4, 0.5) is 24.7 Å². The molecule has 3 heterocycles. The van der Waals surface area contributed by atoms with Gasteiger partial charge in [0.25, 0.3) is 5.91 Å². The zero-order valence-corrected chi connectivity index (χ0v) is 38.1. The number of halogens is 3. The number of nitrogens with zero attached hydrogens (tertiary/aromatic N) is 3. The number of hydrogen-bond acceptors (Lipinski definition) is 13. The number of pyridine rings is 1. The molecule has 2 aliphatic rings. The molecular formula is C45H70F3N5O9. The number of ether oxygens (including phenoxy) is 3. The van der Waals surface area contributed by atoms with Gasteiger partial charge >= 0.3 is 12.1 Å². The van der Waals surface area contributed by atoms with Gasteiger partial charge in [0.1, 0.15) is 29.7 Å². The third-order valence-electron chi connectivity index (χ3n) is 12.7. The van der Waals surface area contributed by atoms with E-state index in [1.807, 2.05) is 44.7 Å². The Morgan fingerprint density at radius 2 is 1.73 bits per heavy atom. The highest BCUT2D eigenvalue weighted by atomic mass is 19.4. The summed E-state index contributed by atoms with van der Waals surface area (Å²) in [6.45, 7) is 16.0. The van der Waals surface area contributed by atoms with Crippen LogP contribution in [0.3, 0.4) is 0 Å². The average molecular weight is 882 g/mol. The lowest BCUT2D eigenvalue weighted by molar-refractivity contribution is -0.295. The van der Waals surface area contributed by atoms with E-state index in [4.69, 9.17) is 14.2 Å². The van der Waals surface area contributed by atoms with E-state index in [1.165, 1.54) is 45.2 Å². The number of alkyl halides is 3. The third kappa shape index (κ3) is 12.6. The summed E-state index contributed by atoms with van der Waals surface area (Å²) < 4.78 is 59.3. The minimum Gasteiger partial charge on any atom is -0.459 e. The van der Waals surface area contributed by atoms with Crippen LogP contribution in [0.25, 0.3) is 0 Å². The molecule has 1 aromatic heterocycles. The van der Waals surface area contributed by atoms with Gasteiger partial charge in [-0.05, 0) is 123 Å². The van der Waals surface area contributed by atoms with Crippen LogP contribution in [0.2, 0.25) is 0 Å². The number of aliphatic hydroxyl groups is 4. The van der Waals surface area contributed by atoms with Crippen LogP contribution in [0.15, 0.2) is 36.5 Å². The molecule has 2 fully saturated rings. The summed E-state index contributed by atoms with van der Waals surface area (Å²) in [7, 11) is 3.75. The van der Waals surface area contributed by atoms with Gasteiger partial charge in [-0.1, -0.05) is 26.8 Å². The molecule has 350 valence electrons. The molecule has 1 aromatic carbocycles. The smallest absolute Gasteiger partial charge is 0.416 e. The van der Waals surface area contributed by atoms with Crippen molar-refractivity contribution >= 4 is 23.4 Å². The second-order valence-corrected chi connectivity index (χ2v) is 18.5. The van der Waals surface area contributed by atoms with E-state index in [0.29, 0.717) is 25.9 Å². The number of carbonyl (C=O) groups is 2. The highest BCUT2D eigenvalue weighted by Gasteiger charge is 2.48. The monoisotopic (exact) mass is 882 g/mol. The number of amides is 1. The van der Waals surface area contributed by atoms with Crippen molar-refractivity contribution in [1.82, 2.24) is 20.1 Å². The summed E-state index contributed by atoms with van der Waals surface area (Å²) in [6, 6.07) is 5.85. The first-order chi connectivity index (χ1) is 28.8. The fourth-order valence-corrected chi connectivity index (χ4v) is 9.03. The number of cyclic esters (lactones) is 1. The first kappa shape index (κ1) is 51.2. The Labute approximate surface area is 364 Å². The number of hydrogen-bond donors (Lipinski definition) is 6. The minimum atomic E-state index is -4.56. The predicted octanol–water partition coefficient (Wildman–Crippen LogP) is 5.27. The summed E-state index contributed by atoms with van der Waals surface area (Å²) in [5.74, 6) is -2.36. The van der Waals surface area contributed by atoms with Gasteiger partial charge in [-0.3, -0.25) is 14.5 Å². The van der Waals surface area contributed by atoms with Crippen molar-refractivity contribution in [3.05, 3.63) is 53.2 Å². The van der Waals surface area contributed by atoms with E-state index < -0.39 is 83.4 Å². The average Bonchev–Trinajstić information content (AvgIpc) is 3.18. The van der Waals surface area contributed by atoms with Crippen molar-refractivity contribution in [1.29, 1.82) is 0 Å². The number of carbonyl (C=O) groups excluding carboxylic acids is 2. The van der Waals surface area contributed by atoms with E-state index in [1.54, 1.807) is 26.8 Å². The molecule has 6 N–H and O–H groups in total. The fraction of sp³-hybridized carbons (Fsp3) is 0.711. The van der Waals surface area contributed by atoms with Crippen molar-refractivity contribution in [3.63, 3.8) is 0 Å². The molecule has 0 unspecified atom stereocenters. The van der Waals surface area contributed by atoms with Gasteiger partial charge in [0, 0.05) is 43.6 Å². The number of likely N-dealkylation sites (N-methyl/N-ethyl adjacent to an activating group) is 1. The largest absolute Gasteiger partial charge is 0.459 e. The maximum atomic E-state index is 13.6. The number of benzene rings is 1. The number of rotatable bonds is 10. The lowest BCUT2D eigenvalue weighted by Crippen LogP contribution is -2.59. The second kappa shape index (κ2) is 21.0. The normalized spacial score (nSPS) is 34.8. The molecular weight excluding hydrogens is 812 g/mol. The van der Waals surface area contributed by atoms with Crippen molar-refractivity contribution in [3.8, 4) is 0 Å². The Morgan fingerprint density at radius 3 is 2.37 bits per heavy atom. The van der Waals surface area contributed by atoms with Crippen molar-refractivity contribution in [2.75, 3.05) is 39.0 Å². The van der Waals surface area contributed by atoms with Gasteiger partial charge < -0.3 is 50.2 Å². The fourth-order valence-electron chi connectivity index (χ4n) is 9.03. The number of nitrogens with one attached hydrogen (secondary N) is 2. The molecule has 14 nitrogen and oxygen atoms in total. The van der Waals surface area contributed by atoms with Crippen molar-refractivity contribution in [2.24, 2.45) is 17.8 Å². The van der Waals surface area contributed by atoms with Crippen LogP contribution in [0.5, 0.6) is 0 Å². The van der Waals surface area contributed by atoms with Crippen LogP contribution in [-0.4, -0.2) is 141 Å². The first-order valence-electron chi connectivity index (χ1n) is 21.7. The minimum absolute atomic E-state index is 0.0414. The van der Waals surface area contributed by atoms with E-state index in [-0.39, 0.29) is 60.1 Å². The standard InChI is InChI=1S/C45H70F3N5O9/c1-25-23-43(8,58)38(62-42-36(54)35(52(10)11)22-28(4)60-42)26(2)21-27(3)41(57)61-31(7)44(9,59)37(55)30(6)53(24-25)20-14-19-50-40(56)32-15-13-18-49-39(32)51-34-17-12-16-33(29(34)5)45(46,47)48/h12-13,15-18,25-28,30-31,35-38,42,54-55,58-59H,14,19-24H2,1-11H3,(H,49,51)(H,50,56)/t25-,26+,27-,28-,30-,31-,35+,36-,37-,38-,42+,43-,44-/m1/s1. The maximum absolute atomic E-state index is 13.6. The molecule has 4 rings (SSSR count). The Bertz CT molecular complexity index is 1800. The second-order valence-electron chi connectivity index (χ2n) is 18.5. The number of aliphatic hydroxyl groups excluding tert-OH is 2. The summed E-state index contributed by atoms with van der Waals surface area (Å²) in [4.78, 5) is 35.1. The van der Waals surface area contributed by atoms with Crippen LogP contribution < -0.4 is 10.6 Å². The highest BCUT2D eigenvalue weighted by molar-refractivity contribution is 5.99. The topological polar surface area (TPSA) is 186 Å². The molecule has 2 saturated heterocycles.